The first-order chi connectivity index (χ1) is 8.38. The van der Waals surface area contributed by atoms with Gasteiger partial charge in [-0.3, -0.25) is 14.6 Å². The Bertz CT molecular complexity index is 528. The van der Waals surface area contributed by atoms with E-state index in [1.807, 2.05) is 0 Å². The van der Waals surface area contributed by atoms with E-state index in [1.165, 1.54) is 20.0 Å². The molecule has 0 bridgehead atoms. The molecule has 1 aromatic carbocycles. The summed E-state index contributed by atoms with van der Waals surface area (Å²) in [4.78, 5) is 26.9. The third-order valence-electron chi connectivity index (χ3n) is 2.48. The lowest BCUT2D eigenvalue weighted by Gasteiger charge is -2.12. The molecule has 0 radical (unpaired) electrons. The second kappa shape index (κ2) is 5.86. The van der Waals surface area contributed by atoms with Crippen LogP contribution in [0.25, 0.3) is 0 Å². The highest BCUT2D eigenvalue weighted by molar-refractivity contribution is 9.10. The van der Waals surface area contributed by atoms with Crippen LogP contribution < -0.4 is 0 Å². The number of Topliss-reactive ketones (excluding diaryl/α,β-unsaturated/α-hetero) is 1. The average molecular weight is 316 g/mol. The van der Waals surface area contributed by atoms with Gasteiger partial charge >= 0.3 is 5.97 Å². The molecule has 0 spiro atoms. The van der Waals surface area contributed by atoms with E-state index < -0.39 is 23.5 Å². The van der Waals surface area contributed by atoms with Crippen LogP contribution in [0.1, 0.15) is 17.3 Å². The summed E-state index contributed by atoms with van der Waals surface area (Å²) in [6, 6.07) is 3.47. The van der Waals surface area contributed by atoms with Crippen LogP contribution in [0.4, 0.5) is 4.39 Å². The molecule has 0 aromatic heterocycles. The van der Waals surface area contributed by atoms with Crippen LogP contribution in [0.5, 0.6) is 0 Å². The zero-order valence-electron chi connectivity index (χ0n) is 9.78. The second-order valence-corrected chi connectivity index (χ2v) is 4.48. The van der Waals surface area contributed by atoms with Crippen molar-refractivity contribution >= 4 is 33.4 Å². The van der Waals surface area contributed by atoms with Gasteiger partial charge in [0, 0.05) is 22.8 Å². The SMILES string of the molecule is C/N=C(\C)C(C(=O)O)C(=O)c1ccc(F)cc1Br. The van der Waals surface area contributed by atoms with E-state index in [2.05, 4.69) is 20.9 Å². The monoisotopic (exact) mass is 315 g/mol. The molecule has 0 saturated carbocycles. The Kier molecular flexibility index (Phi) is 4.72. The molecule has 0 heterocycles. The van der Waals surface area contributed by atoms with Crippen molar-refractivity contribution in [1.82, 2.24) is 0 Å². The van der Waals surface area contributed by atoms with Crippen molar-refractivity contribution in [1.29, 1.82) is 0 Å². The van der Waals surface area contributed by atoms with Gasteiger partial charge in [-0.1, -0.05) is 0 Å². The van der Waals surface area contributed by atoms with Crippen molar-refractivity contribution in [2.75, 3.05) is 7.05 Å². The predicted octanol–water partition coefficient (Wildman–Crippen LogP) is 2.56. The molecule has 1 atom stereocenters. The molecule has 0 aliphatic carbocycles. The molecule has 0 saturated heterocycles. The van der Waals surface area contributed by atoms with E-state index >= 15 is 0 Å². The smallest absolute Gasteiger partial charge is 0.320 e. The number of ketones is 1. The number of carboxylic acids is 1. The Morgan fingerprint density at radius 3 is 2.50 bits per heavy atom. The Morgan fingerprint density at radius 1 is 1.44 bits per heavy atom. The molecule has 18 heavy (non-hydrogen) atoms. The minimum absolute atomic E-state index is 0.117. The number of carboxylic acid groups (broad SMARTS) is 1. The minimum atomic E-state index is -1.35. The lowest BCUT2D eigenvalue weighted by molar-refractivity contribution is -0.137. The molecular formula is C12H11BrFNO3. The highest BCUT2D eigenvalue weighted by atomic mass is 79.9. The normalized spacial score (nSPS) is 13.2. The maximum absolute atomic E-state index is 12.9. The van der Waals surface area contributed by atoms with E-state index in [0.717, 1.165) is 12.1 Å². The molecule has 1 rings (SSSR count). The highest BCUT2D eigenvalue weighted by Gasteiger charge is 2.31. The van der Waals surface area contributed by atoms with E-state index in [0.29, 0.717) is 0 Å². The number of benzene rings is 1. The van der Waals surface area contributed by atoms with Crippen LogP contribution in [0, 0.1) is 11.7 Å². The summed E-state index contributed by atoms with van der Waals surface area (Å²) in [5, 5.41) is 9.06. The van der Waals surface area contributed by atoms with Crippen molar-refractivity contribution in [3.05, 3.63) is 34.1 Å². The van der Waals surface area contributed by atoms with Crippen molar-refractivity contribution in [3.8, 4) is 0 Å². The summed E-state index contributed by atoms with van der Waals surface area (Å²) < 4.78 is 13.1. The predicted molar refractivity (Wildman–Crippen MR) is 68.6 cm³/mol. The van der Waals surface area contributed by atoms with Crippen molar-refractivity contribution in [3.63, 3.8) is 0 Å². The van der Waals surface area contributed by atoms with Gasteiger partial charge in [0.05, 0.1) is 0 Å². The lowest BCUT2D eigenvalue weighted by atomic mass is 9.94. The Balaban J connectivity index is 3.22. The van der Waals surface area contributed by atoms with Crippen LogP contribution in [-0.2, 0) is 4.79 Å². The number of aliphatic imine (C=N–C) groups is 1. The quantitative estimate of drug-likeness (QED) is 0.527. The van der Waals surface area contributed by atoms with E-state index in [4.69, 9.17) is 5.11 Å². The van der Waals surface area contributed by atoms with E-state index in [1.54, 1.807) is 0 Å². The van der Waals surface area contributed by atoms with Crippen LogP contribution in [-0.4, -0.2) is 29.6 Å². The molecule has 1 aromatic rings. The van der Waals surface area contributed by atoms with Crippen molar-refractivity contribution < 1.29 is 19.1 Å². The topological polar surface area (TPSA) is 66.7 Å². The van der Waals surface area contributed by atoms with Gasteiger partial charge in [-0.25, -0.2) is 4.39 Å². The van der Waals surface area contributed by atoms with Crippen LogP contribution in [0.15, 0.2) is 27.7 Å². The maximum Gasteiger partial charge on any atom is 0.320 e. The summed E-state index contributed by atoms with van der Waals surface area (Å²) in [6.45, 7) is 1.47. The van der Waals surface area contributed by atoms with Crippen molar-refractivity contribution in [2.24, 2.45) is 10.9 Å². The summed E-state index contributed by atoms with van der Waals surface area (Å²) in [5.74, 6) is -3.76. The third-order valence-corrected chi connectivity index (χ3v) is 3.13. The van der Waals surface area contributed by atoms with E-state index in [-0.39, 0.29) is 15.7 Å². The number of hydrogen-bond donors (Lipinski definition) is 1. The van der Waals surface area contributed by atoms with Gasteiger partial charge in [-0.2, -0.15) is 0 Å². The van der Waals surface area contributed by atoms with Crippen LogP contribution in [0.3, 0.4) is 0 Å². The van der Waals surface area contributed by atoms with Gasteiger partial charge in [0.15, 0.2) is 11.7 Å². The number of carbonyl (C=O) groups is 2. The Morgan fingerprint density at radius 2 is 2.06 bits per heavy atom. The molecule has 0 amide bonds. The minimum Gasteiger partial charge on any atom is -0.480 e. The number of rotatable bonds is 4. The van der Waals surface area contributed by atoms with Gasteiger partial charge in [0.25, 0.3) is 0 Å². The summed E-state index contributed by atoms with van der Waals surface area (Å²) >= 11 is 3.04. The van der Waals surface area contributed by atoms with Gasteiger partial charge in [-0.05, 0) is 41.1 Å². The first-order valence-corrected chi connectivity index (χ1v) is 5.83. The standard InChI is InChI=1S/C12H11BrFNO3/c1-6(15-2)10(12(17)18)11(16)8-4-3-7(14)5-9(8)13/h3-5,10H,1-2H3,(H,17,18)/b15-6+. The fourth-order valence-corrected chi connectivity index (χ4v) is 2.00. The van der Waals surface area contributed by atoms with Gasteiger partial charge in [-0.15, -0.1) is 0 Å². The average Bonchev–Trinajstić information content (AvgIpc) is 2.28. The fourth-order valence-electron chi connectivity index (χ4n) is 1.45. The maximum atomic E-state index is 12.9. The zero-order valence-corrected chi connectivity index (χ0v) is 11.4. The number of aliphatic carboxylic acids is 1. The molecule has 1 N–H and O–H groups in total. The molecule has 0 aliphatic rings. The number of hydrogen-bond acceptors (Lipinski definition) is 3. The molecule has 6 heteroatoms. The number of carbonyl (C=O) groups excluding carboxylic acids is 1. The first-order valence-electron chi connectivity index (χ1n) is 5.03. The largest absolute Gasteiger partial charge is 0.480 e. The van der Waals surface area contributed by atoms with Gasteiger partial charge < -0.3 is 5.11 Å². The molecule has 0 aliphatic heterocycles. The summed E-state index contributed by atoms with van der Waals surface area (Å²) in [6.07, 6.45) is 0. The molecular weight excluding hydrogens is 305 g/mol. The number of nitrogens with zero attached hydrogens (tertiary/aromatic N) is 1. The first kappa shape index (κ1) is 14.5. The lowest BCUT2D eigenvalue weighted by Crippen LogP contribution is -2.30. The Hall–Kier alpha value is -1.56. The summed E-state index contributed by atoms with van der Waals surface area (Å²) in [7, 11) is 1.41. The zero-order chi connectivity index (χ0) is 13.9. The molecule has 96 valence electrons. The number of halogens is 2. The molecule has 0 fully saturated rings. The van der Waals surface area contributed by atoms with Gasteiger partial charge in [0.1, 0.15) is 5.82 Å². The van der Waals surface area contributed by atoms with Crippen LogP contribution in [0.2, 0.25) is 0 Å². The van der Waals surface area contributed by atoms with Crippen LogP contribution >= 0.6 is 15.9 Å². The molecule has 4 nitrogen and oxygen atoms in total. The second-order valence-electron chi connectivity index (χ2n) is 3.62. The van der Waals surface area contributed by atoms with E-state index in [9.17, 15) is 14.0 Å². The van der Waals surface area contributed by atoms with Crippen molar-refractivity contribution in [2.45, 2.75) is 6.92 Å². The summed E-state index contributed by atoms with van der Waals surface area (Å²) in [5.41, 5.74) is 0.315. The Labute approximate surface area is 112 Å². The molecule has 1 unspecified atom stereocenters. The highest BCUT2D eigenvalue weighted by Crippen LogP contribution is 2.22. The van der Waals surface area contributed by atoms with Gasteiger partial charge in [0.2, 0.25) is 0 Å². The third kappa shape index (κ3) is 3.01. The fraction of sp³-hybridized carbons (Fsp3) is 0.250.